The van der Waals surface area contributed by atoms with Crippen LogP contribution < -0.4 is 5.32 Å². The van der Waals surface area contributed by atoms with Gasteiger partial charge in [0.05, 0.1) is 25.9 Å². The number of nitrogens with one attached hydrogen (secondary N) is 1. The van der Waals surface area contributed by atoms with E-state index in [1.807, 2.05) is 0 Å². The number of morpholine rings is 1. The van der Waals surface area contributed by atoms with Crippen LogP contribution in [0.5, 0.6) is 0 Å². The number of halogens is 4. The molecule has 0 bridgehead atoms. The minimum absolute atomic E-state index is 0.00740. The summed E-state index contributed by atoms with van der Waals surface area (Å²) >= 11 is 7.23. The summed E-state index contributed by atoms with van der Waals surface area (Å²) in [6.07, 6.45) is 0. The molecule has 37 heavy (non-hydrogen) atoms. The molecule has 1 aromatic carbocycles. The number of carbonyl (C=O) groups is 2. The fraction of sp³-hybridized carbons (Fsp3) is 0.391. The van der Waals surface area contributed by atoms with Crippen LogP contribution in [0.4, 0.5) is 13.2 Å². The van der Waals surface area contributed by atoms with Crippen molar-refractivity contribution in [2.75, 3.05) is 33.4 Å². The topological polar surface area (TPSA) is 113 Å². The smallest absolute Gasteiger partial charge is 0.338 e. The molecule has 0 amide bonds. The van der Waals surface area contributed by atoms with Gasteiger partial charge in [-0.15, -0.1) is 11.3 Å². The normalized spacial score (nSPS) is 20.9. The minimum atomic E-state index is -3.19. The van der Waals surface area contributed by atoms with Gasteiger partial charge >= 0.3 is 11.9 Å². The van der Waals surface area contributed by atoms with Gasteiger partial charge in [0.15, 0.2) is 10.8 Å². The van der Waals surface area contributed by atoms with Crippen LogP contribution >= 0.6 is 22.9 Å². The molecule has 198 valence electrons. The van der Waals surface area contributed by atoms with Crippen molar-refractivity contribution in [3.63, 3.8) is 0 Å². The maximum absolute atomic E-state index is 13.9. The fourth-order valence-corrected chi connectivity index (χ4v) is 5.09. The first-order chi connectivity index (χ1) is 17.5. The van der Waals surface area contributed by atoms with Gasteiger partial charge in [-0.1, -0.05) is 17.7 Å². The van der Waals surface area contributed by atoms with Crippen molar-refractivity contribution < 1.29 is 37.3 Å². The van der Waals surface area contributed by atoms with Crippen molar-refractivity contribution in [1.82, 2.24) is 15.2 Å². The minimum Gasteiger partial charge on any atom is -0.480 e. The van der Waals surface area contributed by atoms with Gasteiger partial charge in [0.2, 0.25) is 0 Å². The van der Waals surface area contributed by atoms with E-state index in [0.717, 1.165) is 23.5 Å². The second kappa shape index (κ2) is 10.8. The summed E-state index contributed by atoms with van der Waals surface area (Å²) < 4.78 is 51.8. The number of nitrogens with zero attached hydrogens (tertiary/aromatic N) is 3. The second-order valence-electron chi connectivity index (χ2n) is 8.38. The number of alkyl halides is 2. The molecule has 9 nitrogen and oxygen atoms in total. The lowest BCUT2D eigenvalue weighted by molar-refractivity contribution is -0.149. The molecule has 3 heterocycles. The lowest BCUT2D eigenvalue weighted by atomic mass is 9.95. The van der Waals surface area contributed by atoms with Crippen molar-refractivity contribution in [2.45, 2.75) is 24.9 Å². The Labute approximate surface area is 218 Å². The number of hydrogen-bond acceptors (Lipinski definition) is 9. The monoisotopic (exact) mass is 558 g/mol. The van der Waals surface area contributed by atoms with Gasteiger partial charge in [0, 0.05) is 41.7 Å². The third-order valence-corrected chi connectivity index (χ3v) is 7.01. The number of ether oxygens (including phenoxy) is 2. The van der Waals surface area contributed by atoms with Crippen LogP contribution in [0.1, 0.15) is 29.2 Å². The molecule has 1 fully saturated rings. The molecule has 0 saturated carbocycles. The molecule has 2 atom stereocenters. The number of carboxylic acids is 1. The standard InChI is InChI=1S/C23H22ClF3N4O5S/c1-23(26,27)16-10-37-20(29-16)19-28-14(8-31-5-6-36-9-15(31)21(32)33)17(22(34)35-2)18(30-19)12-4-3-11(25)7-13(12)24/h3-4,7,10,15,18H,5-6,8-9H2,1-2H3,(H,28,30)(H,32,33)/t15-,18-/m0/s1. The summed E-state index contributed by atoms with van der Waals surface area (Å²) in [4.78, 5) is 34.9. The Hall–Kier alpha value is -3.00. The van der Waals surface area contributed by atoms with Gasteiger partial charge in [-0.2, -0.15) is 8.78 Å². The SMILES string of the molecule is COC(=O)C1=C(CN2CCOC[C@H]2C(=O)O)NC(c2nc(C(C)(F)F)cs2)=N[C@H]1c1ccc(F)cc1Cl. The lowest BCUT2D eigenvalue weighted by Gasteiger charge is -2.35. The zero-order valence-electron chi connectivity index (χ0n) is 19.6. The molecule has 2 aliphatic rings. The number of methoxy groups -OCH3 is 1. The van der Waals surface area contributed by atoms with Gasteiger partial charge < -0.3 is 19.9 Å². The average Bonchev–Trinajstić information content (AvgIpc) is 3.35. The summed E-state index contributed by atoms with van der Waals surface area (Å²) in [6.45, 7) is 1.09. The third kappa shape index (κ3) is 5.79. The predicted octanol–water partition coefficient (Wildman–Crippen LogP) is 3.35. The zero-order chi connectivity index (χ0) is 26.9. The van der Waals surface area contributed by atoms with E-state index >= 15 is 0 Å². The number of benzene rings is 1. The number of carbonyl (C=O) groups excluding carboxylic acids is 1. The molecular formula is C23H22ClF3N4O5S. The van der Waals surface area contributed by atoms with E-state index in [0.29, 0.717) is 6.92 Å². The first kappa shape index (κ1) is 27.0. The molecule has 0 unspecified atom stereocenters. The van der Waals surface area contributed by atoms with Crippen LogP contribution in [0, 0.1) is 5.82 Å². The van der Waals surface area contributed by atoms with E-state index in [4.69, 9.17) is 21.1 Å². The number of aliphatic carboxylic acids is 1. The van der Waals surface area contributed by atoms with Crippen LogP contribution in [-0.4, -0.2) is 72.2 Å². The Morgan fingerprint density at radius 2 is 2.16 bits per heavy atom. The fourth-order valence-electron chi connectivity index (χ4n) is 3.97. The molecule has 4 rings (SSSR count). The summed E-state index contributed by atoms with van der Waals surface area (Å²) in [5.74, 6) is -5.63. The van der Waals surface area contributed by atoms with Crippen LogP contribution in [0.3, 0.4) is 0 Å². The summed E-state index contributed by atoms with van der Waals surface area (Å²) in [7, 11) is 1.17. The van der Waals surface area contributed by atoms with Gasteiger partial charge in [-0.05, 0) is 12.1 Å². The number of esters is 1. The number of amidine groups is 1. The van der Waals surface area contributed by atoms with Gasteiger partial charge in [-0.3, -0.25) is 14.7 Å². The van der Waals surface area contributed by atoms with Crippen molar-refractivity contribution in [3.05, 3.63) is 62.0 Å². The maximum atomic E-state index is 13.9. The van der Waals surface area contributed by atoms with E-state index < -0.39 is 41.5 Å². The molecule has 0 aliphatic carbocycles. The molecule has 2 aliphatic heterocycles. The summed E-state index contributed by atoms with van der Waals surface area (Å²) in [5.41, 5.74) is 0.0227. The Morgan fingerprint density at radius 3 is 2.78 bits per heavy atom. The van der Waals surface area contributed by atoms with Gasteiger partial charge in [0.1, 0.15) is 23.6 Å². The van der Waals surface area contributed by atoms with Crippen LogP contribution in [0.2, 0.25) is 5.02 Å². The Morgan fingerprint density at radius 1 is 1.41 bits per heavy atom. The van der Waals surface area contributed by atoms with Crippen LogP contribution in [0.15, 0.2) is 39.8 Å². The number of hydrogen-bond donors (Lipinski definition) is 2. The highest BCUT2D eigenvalue weighted by molar-refractivity contribution is 7.11. The number of carboxylic acid groups (broad SMARTS) is 1. The van der Waals surface area contributed by atoms with E-state index in [1.54, 1.807) is 4.90 Å². The molecular weight excluding hydrogens is 537 g/mol. The number of thiazole rings is 1. The molecule has 2 N–H and O–H groups in total. The molecule has 0 radical (unpaired) electrons. The summed E-state index contributed by atoms with van der Waals surface area (Å²) in [6, 6.07) is 1.45. The zero-order valence-corrected chi connectivity index (χ0v) is 21.2. The van der Waals surface area contributed by atoms with Gasteiger partial charge in [0.25, 0.3) is 5.92 Å². The Bertz CT molecular complexity index is 1280. The number of aromatic nitrogens is 1. The highest BCUT2D eigenvalue weighted by Gasteiger charge is 2.37. The Kier molecular flexibility index (Phi) is 7.88. The predicted molar refractivity (Wildman–Crippen MR) is 128 cm³/mol. The second-order valence-corrected chi connectivity index (χ2v) is 9.65. The van der Waals surface area contributed by atoms with E-state index in [-0.39, 0.29) is 59.0 Å². The maximum Gasteiger partial charge on any atom is 0.338 e. The summed E-state index contributed by atoms with van der Waals surface area (Å²) in [5, 5.41) is 13.9. The first-order valence-corrected chi connectivity index (χ1v) is 12.2. The molecule has 2 aromatic rings. The third-order valence-electron chi connectivity index (χ3n) is 5.83. The largest absolute Gasteiger partial charge is 0.480 e. The Balaban J connectivity index is 1.84. The van der Waals surface area contributed by atoms with E-state index in [2.05, 4.69) is 15.3 Å². The molecule has 0 spiro atoms. The van der Waals surface area contributed by atoms with E-state index in [1.165, 1.54) is 18.6 Å². The van der Waals surface area contributed by atoms with Crippen molar-refractivity contribution in [3.8, 4) is 0 Å². The first-order valence-electron chi connectivity index (χ1n) is 11.0. The van der Waals surface area contributed by atoms with Gasteiger partial charge in [-0.25, -0.2) is 14.2 Å². The molecule has 14 heteroatoms. The van der Waals surface area contributed by atoms with Crippen LogP contribution in [0.25, 0.3) is 0 Å². The van der Waals surface area contributed by atoms with Crippen molar-refractivity contribution >= 4 is 40.7 Å². The lowest BCUT2D eigenvalue weighted by Crippen LogP contribution is -2.52. The molecule has 1 aromatic heterocycles. The molecule has 1 saturated heterocycles. The average molecular weight is 559 g/mol. The number of aliphatic imine (C=N–C) groups is 1. The van der Waals surface area contributed by atoms with Crippen molar-refractivity contribution in [2.24, 2.45) is 4.99 Å². The highest BCUT2D eigenvalue weighted by Crippen LogP contribution is 2.37. The van der Waals surface area contributed by atoms with Crippen LogP contribution in [-0.2, 0) is 25.0 Å². The highest BCUT2D eigenvalue weighted by atomic mass is 35.5. The number of rotatable bonds is 7. The quantitative estimate of drug-likeness (QED) is 0.498. The van der Waals surface area contributed by atoms with Crippen molar-refractivity contribution in [1.29, 1.82) is 0 Å². The van der Waals surface area contributed by atoms with E-state index in [9.17, 15) is 27.9 Å².